The zero-order valence-electron chi connectivity index (χ0n) is 8.88. The van der Waals surface area contributed by atoms with Gasteiger partial charge in [-0.25, -0.2) is 18.5 Å². The smallest absolute Gasteiger partial charge is 0.225 e. The van der Waals surface area contributed by atoms with Crippen molar-refractivity contribution >= 4 is 16.0 Å². The van der Waals surface area contributed by atoms with Gasteiger partial charge in [0, 0.05) is 18.8 Å². The number of rotatable bonds is 6. The molecule has 0 unspecified atom stereocenters. The summed E-state index contributed by atoms with van der Waals surface area (Å²) in [5.41, 5.74) is 0. The standard InChI is InChI=1S/C8H14N4O3S/c1-2-15-7-3-4-10-8(12-7)11-5-6-16(9,13)14/h3-4H,2,5-6H2,1H3,(H2,9,13,14)(H,10,11,12). The maximum absolute atomic E-state index is 10.7. The Morgan fingerprint density at radius 2 is 2.31 bits per heavy atom. The zero-order valence-corrected chi connectivity index (χ0v) is 9.70. The molecule has 16 heavy (non-hydrogen) atoms. The van der Waals surface area contributed by atoms with Gasteiger partial charge in [-0.3, -0.25) is 0 Å². The summed E-state index contributed by atoms with van der Waals surface area (Å²) in [6.45, 7) is 2.51. The molecule has 0 spiro atoms. The van der Waals surface area contributed by atoms with Crippen LogP contribution in [0.4, 0.5) is 5.95 Å². The fraction of sp³-hybridized carbons (Fsp3) is 0.500. The zero-order chi connectivity index (χ0) is 12.0. The number of nitrogens with zero attached hydrogens (tertiary/aromatic N) is 2. The van der Waals surface area contributed by atoms with Crippen molar-refractivity contribution in [1.29, 1.82) is 0 Å². The maximum atomic E-state index is 10.7. The molecule has 0 fully saturated rings. The van der Waals surface area contributed by atoms with Gasteiger partial charge in [0.25, 0.3) is 0 Å². The lowest BCUT2D eigenvalue weighted by Crippen LogP contribution is -2.22. The van der Waals surface area contributed by atoms with E-state index in [1.807, 2.05) is 6.92 Å². The third kappa shape index (κ3) is 4.89. The van der Waals surface area contributed by atoms with E-state index in [0.717, 1.165) is 0 Å². The molecule has 0 radical (unpaired) electrons. The Morgan fingerprint density at radius 3 is 2.94 bits per heavy atom. The van der Waals surface area contributed by atoms with Crippen molar-refractivity contribution in [2.75, 3.05) is 24.2 Å². The van der Waals surface area contributed by atoms with Gasteiger partial charge >= 0.3 is 0 Å². The van der Waals surface area contributed by atoms with E-state index < -0.39 is 10.0 Å². The average Bonchev–Trinajstić information content (AvgIpc) is 2.17. The SMILES string of the molecule is CCOc1ccnc(NCCS(N)(=O)=O)n1. The molecule has 0 atom stereocenters. The van der Waals surface area contributed by atoms with Crippen molar-refractivity contribution in [2.24, 2.45) is 5.14 Å². The number of ether oxygens (including phenoxy) is 1. The van der Waals surface area contributed by atoms with E-state index in [-0.39, 0.29) is 12.3 Å². The first-order valence-electron chi connectivity index (χ1n) is 4.71. The van der Waals surface area contributed by atoms with Crippen molar-refractivity contribution in [3.63, 3.8) is 0 Å². The number of aromatic nitrogens is 2. The molecule has 0 bridgehead atoms. The Balaban J connectivity index is 2.51. The van der Waals surface area contributed by atoms with Crippen molar-refractivity contribution in [1.82, 2.24) is 9.97 Å². The highest BCUT2D eigenvalue weighted by Gasteiger charge is 2.03. The molecule has 0 aliphatic rings. The maximum Gasteiger partial charge on any atom is 0.225 e. The number of hydrogen-bond acceptors (Lipinski definition) is 6. The van der Waals surface area contributed by atoms with Crippen LogP contribution in [0.1, 0.15) is 6.92 Å². The predicted octanol–water partition coefficient (Wildman–Crippen LogP) is -0.424. The summed E-state index contributed by atoms with van der Waals surface area (Å²) in [5.74, 6) is 0.583. The number of anilines is 1. The molecule has 8 heteroatoms. The fourth-order valence-corrected chi connectivity index (χ4v) is 1.35. The largest absolute Gasteiger partial charge is 0.478 e. The quantitative estimate of drug-likeness (QED) is 0.705. The van der Waals surface area contributed by atoms with E-state index >= 15 is 0 Å². The predicted molar refractivity (Wildman–Crippen MR) is 59.7 cm³/mol. The minimum Gasteiger partial charge on any atom is -0.478 e. The van der Waals surface area contributed by atoms with E-state index in [4.69, 9.17) is 9.88 Å². The topological polar surface area (TPSA) is 107 Å². The van der Waals surface area contributed by atoms with Crippen molar-refractivity contribution in [3.8, 4) is 5.88 Å². The highest BCUT2D eigenvalue weighted by Crippen LogP contribution is 2.07. The molecule has 1 heterocycles. The normalized spacial score (nSPS) is 11.1. The summed E-state index contributed by atoms with van der Waals surface area (Å²) < 4.78 is 26.5. The lowest BCUT2D eigenvalue weighted by atomic mass is 10.6. The van der Waals surface area contributed by atoms with Gasteiger partial charge < -0.3 is 10.1 Å². The van der Waals surface area contributed by atoms with Crippen LogP contribution in [0.15, 0.2) is 12.3 Å². The summed E-state index contributed by atoms with van der Waals surface area (Å²) >= 11 is 0. The summed E-state index contributed by atoms with van der Waals surface area (Å²) in [7, 11) is -3.46. The van der Waals surface area contributed by atoms with Crippen LogP contribution in [0.25, 0.3) is 0 Å². The van der Waals surface area contributed by atoms with E-state index in [9.17, 15) is 8.42 Å². The van der Waals surface area contributed by atoms with Crippen LogP contribution in [-0.4, -0.2) is 37.3 Å². The molecule has 0 aliphatic heterocycles. The van der Waals surface area contributed by atoms with Crippen LogP contribution in [-0.2, 0) is 10.0 Å². The van der Waals surface area contributed by atoms with Crippen molar-refractivity contribution in [2.45, 2.75) is 6.92 Å². The monoisotopic (exact) mass is 246 g/mol. The van der Waals surface area contributed by atoms with Gasteiger partial charge in [-0.05, 0) is 6.92 Å². The molecule has 1 aromatic rings. The molecule has 1 aromatic heterocycles. The number of primary sulfonamides is 1. The van der Waals surface area contributed by atoms with Crippen LogP contribution in [0, 0.1) is 0 Å². The number of hydrogen-bond donors (Lipinski definition) is 2. The number of nitrogens with one attached hydrogen (secondary N) is 1. The lowest BCUT2D eigenvalue weighted by Gasteiger charge is -2.05. The van der Waals surface area contributed by atoms with Gasteiger partial charge in [0.1, 0.15) is 0 Å². The molecule has 3 N–H and O–H groups in total. The van der Waals surface area contributed by atoms with E-state index in [1.54, 1.807) is 6.07 Å². The molecule has 0 saturated heterocycles. The van der Waals surface area contributed by atoms with Crippen LogP contribution in [0.5, 0.6) is 5.88 Å². The summed E-state index contributed by atoms with van der Waals surface area (Å²) in [5, 5.41) is 7.58. The van der Waals surface area contributed by atoms with Crippen LogP contribution < -0.4 is 15.2 Å². The van der Waals surface area contributed by atoms with Crippen LogP contribution in [0.3, 0.4) is 0 Å². The van der Waals surface area contributed by atoms with Gasteiger partial charge in [0.05, 0.1) is 12.4 Å². The lowest BCUT2D eigenvalue weighted by molar-refractivity contribution is 0.326. The molecule has 0 aromatic carbocycles. The average molecular weight is 246 g/mol. The van der Waals surface area contributed by atoms with Crippen molar-refractivity contribution in [3.05, 3.63) is 12.3 Å². The van der Waals surface area contributed by atoms with Crippen LogP contribution >= 0.6 is 0 Å². The first-order valence-corrected chi connectivity index (χ1v) is 6.43. The minimum atomic E-state index is -3.46. The second-order valence-electron chi connectivity index (χ2n) is 2.95. The van der Waals surface area contributed by atoms with Gasteiger partial charge in [-0.1, -0.05) is 0 Å². The minimum absolute atomic E-state index is 0.161. The molecule has 7 nitrogen and oxygen atoms in total. The Hall–Kier alpha value is -1.41. The van der Waals surface area contributed by atoms with E-state index in [0.29, 0.717) is 18.4 Å². The molecular weight excluding hydrogens is 232 g/mol. The summed E-state index contributed by atoms with van der Waals surface area (Å²) in [6, 6.07) is 1.62. The molecule has 0 saturated carbocycles. The Labute approximate surface area is 94.1 Å². The van der Waals surface area contributed by atoms with Gasteiger partial charge in [-0.2, -0.15) is 4.98 Å². The third-order valence-electron chi connectivity index (χ3n) is 1.59. The second-order valence-corrected chi connectivity index (χ2v) is 4.68. The Kier molecular flexibility index (Phi) is 4.44. The molecule has 0 amide bonds. The third-order valence-corrected chi connectivity index (χ3v) is 2.37. The highest BCUT2D eigenvalue weighted by molar-refractivity contribution is 7.89. The molecule has 0 aliphatic carbocycles. The summed E-state index contributed by atoms with van der Waals surface area (Å²) in [6.07, 6.45) is 1.53. The van der Waals surface area contributed by atoms with Gasteiger partial charge in [0.2, 0.25) is 21.9 Å². The first-order chi connectivity index (χ1) is 7.51. The Morgan fingerprint density at radius 1 is 1.56 bits per heavy atom. The molecular formula is C8H14N4O3S. The first kappa shape index (κ1) is 12.7. The van der Waals surface area contributed by atoms with E-state index in [2.05, 4.69) is 15.3 Å². The molecule has 90 valence electrons. The fourth-order valence-electron chi connectivity index (χ4n) is 0.961. The van der Waals surface area contributed by atoms with E-state index in [1.165, 1.54) is 6.20 Å². The highest BCUT2D eigenvalue weighted by atomic mass is 32.2. The van der Waals surface area contributed by atoms with Gasteiger partial charge in [0.15, 0.2) is 0 Å². The second kappa shape index (κ2) is 5.61. The molecule has 1 rings (SSSR count). The van der Waals surface area contributed by atoms with Crippen LogP contribution in [0.2, 0.25) is 0 Å². The summed E-state index contributed by atoms with van der Waals surface area (Å²) in [4.78, 5) is 7.91. The number of nitrogens with two attached hydrogens (primary N) is 1. The van der Waals surface area contributed by atoms with Gasteiger partial charge in [-0.15, -0.1) is 0 Å². The Bertz CT molecular complexity index is 435. The van der Waals surface area contributed by atoms with Crippen molar-refractivity contribution < 1.29 is 13.2 Å². The number of sulfonamides is 1.